The third-order valence-electron chi connectivity index (χ3n) is 8.09. The Hall–Kier alpha value is -5.46. The molecule has 256 valence electrons. The molecule has 0 aliphatic heterocycles. The third kappa shape index (κ3) is 15.2. The molecule has 0 unspecified atom stereocenters. The van der Waals surface area contributed by atoms with Crippen molar-refractivity contribution in [3.05, 3.63) is 222 Å². The van der Waals surface area contributed by atoms with Gasteiger partial charge in [0.25, 0.3) is 0 Å². The molecule has 6 aromatic rings. The Bertz CT molecular complexity index is 1870. The smallest absolute Gasteiger partial charge is 0.0155 e. The highest BCUT2D eigenvalue weighted by Crippen LogP contribution is 2.20. The molecule has 0 saturated carbocycles. The molecule has 0 aromatic heterocycles. The van der Waals surface area contributed by atoms with E-state index in [-0.39, 0.29) is 0 Å². The van der Waals surface area contributed by atoms with Crippen molar-refractivity contribution in [2.75, 3.05) is 0 Å². The summed E-state index contributed by atoms with van der Waals surface area (Å²) in [5.74, 6) is 0. The van der Waals surface area contributed by atoms with Gasteiger partial charge < -0.3 is 0 Å². The zero-order valence-electron chi connectivity index (χ0n) is 31.6. The number of fused-ring (bicyclic) bond motifs is 1. The molecule has 0 radical (unpaired) electrons. The van der Waals surface area contributed by atoms with Crippen molar-refractivity contribution in [3.63, 3.8) is 0 Å². The monoisotopic (exact) mass is 656 g/mol. The number of benzene rings is 6. The van der Waals surface area contributed by atoms with Crippen molar-refractivity contribution in [2.45, 2.75) is 55.4 Å². The van der Waals surface area contributed by atoms with E-state index in [9.17, 15) is 0 Å². The predicted molar refractivity (Wildman–Crippen MR) is 226 cm³/mol. The number of hydrogen-bond donors (Lipinski definition) is 0. The van der Waals surface area contributed by atoms with Crippen LogP contribution in [0.4, 0.5) is 0 Å². The van der Waals surface area contributed by atoms with Gasteiger partial charge in [-0.2, -0.15) is 0 Å². The summed E-state index contributed by atoms with van der Waals surface area (Å²) in [5, 5.41) is 2.68. The van der Waals surface area contributed by atoms with Crippen LogP contribution in [0.1, 0.15) is 54.2 Å². The van der Waals surface area contributed by atoms with Crippen molar-refractivity contribution in [2.24, 2.45) is 0 Å². The van der Waals surface area contributed by atoms with Crippen LogP contribution in [-0.2, 0) is 0 Å². The molecule has 0 N–H and O–H groups in total. The Kier molecular flexibility index (Phi) is 18.7. The van der Waals surface area contributed by atoms with Crippen molar-refractivity contribution < 1.29 is 0 Å². The zero-order valence-corrected chi connectivity index (χ0v) is 31.6. The minimum atomic E-state index is 1.15. The molecule has 0 amide bonds. The minimum Gasteiger partial charge on any atom is -0.0991 e. The van der Waals surface area contributed by atoms with Crippen LogP contribution in [0.5, 0.6) is 0 Å². The van der Waals surface area contributed by atoms with Gasteiger partial charge >= 0.3 is 0 Å². The summed E-state index contributed by atoms with van der Waals surface area (Å²) in [7, 11) is 0. The van der Waals surface area contributed by atoms with E-state index in [2.05, 4.69) is 195 Å². The minimum absolute atomic E-state index is 1.15. The Labute approximate surface area is 303 Å². The van der Waals surface area contributed by atoms with E-state index in [0.29, 0.717) is 0 Å². The quantitative estimate of drug-likeness (QED) is 0.166. The van der Waals surface area contributed by atoms with Gasteiger partial charge in [0.15, 0.2) is 0 Å². The topological polar surface area (TPSA) is 0 Å². The maximum absolute atomic E-state index is 3.56. The lowest BCUT2D eigenvalue weighted by atomic mass is 10.0. The summed E-state index contributed by atoms with van der Waals surface area (Å²) >= 11 is 0. The van der Waals surface area contributed by atoms with Gasteiger partial charge in [0.2, 0.25) is 0 Å². The Balaban J connectivity index is 0.000000222. The number of aryl methyl sites for hydroxylation is 5. The molecule has 0 fully saturated rings. The zero-order chi connectivity index (χ0) is 36.7. The summed E-state index contributed by atoms with van der Waals surface area (Å²) in [4.78, 5) is 0. The number of allylic oxidation sites excluding steroid dienone is 6. The van der Waals surface area contributed by atoms with E-state index >= 15 is 0 Å². The lowest BCUT2D eigenvalue weighted by Crippen LogP contribution is -1.83. The van der Waals surface area contributed by atoms with Crippen LogP contribution in [0.25, 0.3) is 27.5 Å². The molecular formula is C50H56. The fourth-order valence-electron chi connectivity index (χ4n) is 4.84. The van der Waals surface area contributed by atoms with Crippen LogP contribution in [0.3, 0.4) is 0 Å². The molecule has 0 heterocycles. The van der Waals surface area contributed by atoms with Crippen molar-refractivity contribution in [3.8, 4) is 11.1 Å². The van der Waals surface area contributed by atoms with Gasteiger partial charge in [-0.25, -0.2) is 0 Å². The van der Waals surface area contributed by atoms with Crippen LogP contribution in [0.15, 0.2) is 189 Å². The van der Waals surface area contributed by atoms with Gasteiger partial charge in [-0.15, -0.1) is 0 Å². The predicted octanol–water partition coefficient (Wildman–Crippen LogP) is 14.8. The summed E-state index contributed by atoms with van der Waals surface area (Å²) in [6, 6.07) is 50.8. The number of hydrogen-bond acceptors (Lipinski definition) is 0. The largest absolute Gasteiger partial charge is 0.0991 e. The molecule has 0 nitrogen and oxygen atoms in total. The van der Waals surface area contributed by atoms with Gasteiger partial charge in [0.05, 0.1) is 0 Å². The molecule has 0 heteroatoms. The lowest BCUT2D eigenvalue weighted by Gasteiger charge is -2.03. The normalized spacial score (nSPS) is 10.4. The van der Waals surface area contributed by atoms with Crippen LogP contribution < -0.4 is 0 Å². The third-order valence-corrected chi connectivity index (χ3v) is 8.09. The summed E-state index contributed by atoms with van der Waals surface area (Å²) in [5.41, 5.74) is 13.1. The molecular weight excluding hydrogens is 601 g/mol. The summed E-state index contributed by atoms with van der Waals surface area (Å²) in [6.45, 7) is 23.9. The summed E-state index contributed by atoms with van der Waals surface area (Å²) in [6.07, 6.45) is 7.59. The molecule has 0 aliphatic carbocycles. The van der Waals surface area contributed by atoms with E-state index in [1.807, 2.05) is 31.2 Å². The van der Waals surface area contributed by atoms with Crippen LogP contribution in [0, 0.1) is 34.6 Å². The first kappa shape index (κ1) is 40.7. The SMILES string of the molecule is C/C=C(/C)c1ccccc1C.C=C/C=C(/C)C=C.Cc1ccc(-c2ccc(C)cc2)cc1.Cc1cccc2ccccc12.Cc1ccccc1. The second-order valence-corrected chi connectivity index (χ2v) is 12.3. The summed E-state index contributed by atoms with van der Waals surface area (Å²) < 4.78 is 0. The Morgan fingerprint density at radius 3 is 1.38 bits per heavy atom. The van der Waals surface area contributed by atoms with E-state index < -0.39 is 0 Å². The van der Waals surface area contributed by atoms with E-state index in [4.69, 9.17) is 0 Å². The van der Waals surface area contributed by atoms with Gasteiger partial charge in [-0.1, -0.05) is 205 Å². The number of rotatable bonds is 4. The maximum Gasteiger partial charge on any atom is -0.0155 e. The van der Waals surface area contributed by atoms with Gasteiger partial charge in [0.1, 0.15) is 0 Å². The lowest BCUT2D eigenvalue weighted by molar-refractivity contribution is 1.40. The molecule has 0 saturated heterocycles. The first-order chi connectivity index (χ1) is 24.1. The van der Waals surface area contributed by atoms with E-state index in [1.54, 1.807) is 12.2 Å². The average Bonchev–Trinajstić information content (AvgIpc) is 3.14. The molecule has 50 heavy (non-hydrogen) atoms. The highest BCUT2D eigenvalue weighted by molar-refractivity contribution is 5.85. The second-order valence-electron chi connectivity index (χ2n) is 12.3. The molecule has 6 rings (SSSR count). The standard InChI is InChI=1S/C14H14.C11H10.C11H14.C7H8.C7H10/c1-11-3-7-13(8-4-11)14-9-5-12(2)6-10-14;1-9-5-4-7-10-6-2-3-8-11(9)10;1-4-9(2)11-8-6-5-7-10(11)3;1-7-5-3-2-4-6-7;1-4-6-7(3)5-2/h3-10H,1-2H3;2-8H,1H3;4-8H,1-3H3;2-6H,1H3;4-6H,1-2H2,3H3/b;;9-4-;;7-6-. The van der Waals surface area contributed by atoms with Gasteiger partial charge in [0, 0.05) is 0 Å². The molecule has 0 atom stereocenters. The first-order valence-corrected chi connectivity index (χ1v) is 17.3. The highest BCUT2D eigenvalue weighted by Gasteiger charge is 1.97. The van der Waals surface area contributed by atoms with Gasteiger partial charge in [-0.3, -0.25) is 0 Å². The molecule has 0 aliphatic rings. The second kappa shape index (κ2) is 23.0. The van der Waals surface area contributed by atoms with Gasteiger partial charge in [-0.05, 0) is 99.6 Å². The van der Waals surface area contributed by atoms with Crippen molar-refractivity contribution >= 4 is 16.3 Å². The van der Waals surface area contributed by atoms with Crippen LogP contribution >= 0.6 is 0 Å². The Morgan fingerprint density at radius 2 is 0.940 bits per heavy atom. The molecule has 0 spiro atoms. The molecule has 6 aromatic carbocycles. The van der Waals surface area contributed by atoms with Crippen LogP contribution in [-0.4, -0.2) is 0 Å². The van der Waals surface area contributed by atoms with Crippen molar-refractivity contribution in [1.82, 2.24) is 0 Å². The average molecular weight is 657 g/mol. The molecule has 0 bridgehead atoms. The first-order valence-electron chi connectivity index (χ1n) is 17.3. The van der Waals surface area contributed by atoms with Crippen LogP contribution in [0.2, 0.25) is 0 Å². The van der Waals surface area contributed by atoms with Crippen molar-refractivity contribution in [1.29, 1.82) is 0 Å². The fourth-order valence-corrected chi connectivity index (χ4v) is 4.84. The fraction of sp³-hybridized carbons (Fsp3) is 0.160. The maximum atomic E-state index is 3.56. The van der Waals surface area contributed by atoms with E-state index in [0.717, 1.165) is 5.57 Å². The highest BCUT2D eigenvalue weighted by atomic mass is 14.0. The van der Waals surface area contributed by atoms with E-state index in [1.165, 1.54) is 60.9 Å². The Morgan fingerprint density at radius 1 is 0.480 bits per heavy atom.